The predicted molar refractivity (Wildman–Crippen MR) is 71.5 cm³/mol. The van der Waals surface area contributed by atoms with Crippen LogP contribution in [0.2, 0.25) is 0 Å². The van der Waals surface area contributed by atoms with E-state index < -0.39 is 5.97 Å². The molecule has 0 fully saturated rings. The molecule has 0 saturated carbocycles. The number of esters is 1. The molecule has 8 heteroatoms. The van der Waals surface area contributed by atoms with Crippen LogP contribution in [0.15, 0.2) is 10.6 Å². The predicted octanol–water partition coefficient (Wildman–Crippen LogP) is 1.99. The molecule has 0 amide bonds. The number of thiophene rings is 1. The van der Waals surface area contributed by atoms with Gasteiger partial charge in [0.05, 0.1) is 5.69 Å². The summed E-state index contributed by atoms with van der Waals surface area (Å²) in [6, 6.07) is 1.80. The number of aryl methyl sites for hydroxylation is 3. The lowest BCUT2D eigenvalue weighted by Crippen LogP contribution is -2.03. The standard InChI is InChI=1S/C12H12N4O3S/c1-6-8-4-9(20-11(8)16(3)14-6)12(17)18-5-10-13-7(2)15-19-10/h4H,5H2,1-3H3. The Morgan fingerprint density at radius 2 is 2.30 bits per heavy atom. The van der Waals surface area contributed by atoms with Gasteiger partial charge in [0.2, 0.25) is 0 Å². The molecule has 7 nitrogen and oxygen atoms in total. The average molecular weight is 292 g/mol. The molecule has 0 radical (unpaired) electrons. The summed E-state index contributed by atoms with van der Waals surface area (Å²) in [5.41, 5.74) is 0.894. The van der Waals surface area contributed by atoms with E-state index in [9.17, 15) is 4.79 Å². The van der Waals surface area contributed by atoms with E-state index >= 15 is 0 Å². The van der Waals surface area contributed by atoms with Crippen molar-refractivity contribution >= 4 is 27.5 Å². The summed E-state index contributed by atoms with van der Waals surface area (Å²) in [4.78, 5) is 17.4. The maximum Gasteiger partial charge on any atom is 0.348 e. The average Bonchev–Trinajstić information content (AvgIpc) is 3.06. The molecule has 0 spiro atoms. The molecule has 3 heterocycles. The van der Waals surface area contributed by atoms with E-state index in [4.69, 9.17) is 9.26 Å². The molecule has 0 aliphatic heterocycles. The van der Waals surface area contributed by atoms with Gasteiger partial charge in [0.1, 0.15) is 9.71 Å². The number of hydrogen-bond donors (Lipinski definition) is 0. The van der Waals surface area contributed by atoms with Crippen LogP contribution < -0.4 is 0 Å². The normalized spacial score (nSPS) is 11.2. The van der Waals surface area contributed by atoms with Gasteiger partial charge in [-0.15, -0.1) is 11.3 Å². The van der Waals surface area contributed by atoms with Crippen molar-refractivity contribution in [1.82, 2.24) is 19.9 Å². The monoisotopic (exact) mass is 292 g/mol. The number of carbonyl (C=O) groups excluding carboxylic acids is 1. The molecule has 0 aliphatic carbocycles. The van der Waals surface area contributed by atoms with Crippen molar-refractivity contribution in [3.63, 3.8) is 0 Å². The van der Waals surface area contributed by atoms with E-state index in [0.717, 1.165) is 15.9 Å². The first-order valence-corrected chi connectivity index (χ1v) is 6.75. The molecule has 0 N–H and O–H groups in total. The van der Waals surface area contributed by atoms with Crippen molar-refractivity contribution in [2.75, 3.05) is 0 Å². The molecule has 0 aromatic carbocycles. The molecule has 3 aromatic heterocycles. The Bertz CT molecular complexity index is 751. The first-order valence-electron chi connectivity index (χ1n) is 5.94. The Labute approximate surface area is 118 Å². The van der Waals surface area contributed by atoms with Crippen LogP contribution in [0.25, 0.3) is 10.2 Å². The van der Waals surface area contributed by atoms with Gasteiger partial charge >= 0.3 is 5.97 Å². The van der Waals surface area contributed by atoms with Gasteiger partial charge in [-0.25, -0.2) is 4.79 Å². The Morgan fingerprint density at radius 3 is 2.95 bits per heavy atom. The minimum absolute atomic E-state index is 0.0227. The maximum atomic E-state index is 12.0. The fraction of sp³-hybridized carbons (Fsp3) is 0.333. The van der Waals surface area contributed by atoms with Gasteiger partial charge in [-0.05, 0) is 19.9 Å². The van der Waals surface area contributed by atoms with Gasteiger partial charge in [0.25, 0.3) is 5.89 Å². The van der Waals surface area contributed by atoms with E-state index in [2.05, 4.69) is 15.2 Å². The Kier molecular flexibility index (Phi) is 3.01. The number of aromatic nitrogens is 4. The molecule has 0 bridgehead atoms. The number of nitrogens with zero attached hydrogens (tertiary/aromatic N) is 4. The van der Waals surface area contributed by atoms with Crippen LogP contribution in [0.3, 0.4) is 0 Å². The fourth-order valence-electron chi connectivity index (χ4n) is 1.90. The first kappa shape index (κ1) is 12.8. The molecule has 0 unspecified atom stereocenters. The third-order valence-electron chi connectivity index (χ3n) is 2.79. The van der Waals surface area contributed by atoms with Crippen LogP contribution in [-0.4, -0.2) is 25.9 Å². The summed E-state index contributed by atoms with van der Waals surface area (Å²) in [7, 11) is 1.85. The number of ether oxygens (including phenoxy) is 1. The zero-order chi connectivity index (χ0) is 14.3. The maximum absolute atomic E-state index is 12.0. The van der Waals surface area contributed by atoms with E-state index in [0.29, 0.717) is 10.7 Å². The summed E-state index contributed by atoms with van der Waals surface area (Å²) in [6.07, 6.45) is 0. The smallest absolute Gasteiger partial charge is 0.348 e. The zero-order valence-corrected chi connectivity index (χ0v) is 12.0. The van der Waals surface area contributed by atoms with Crippen LogP contribution >= 0.6 is 11.3 Å². The second-order valence-corrected chi connectivity index (χ2v) is 5.38. The Hall–Kier alpha value is -2.22. The summed E-state index contributed by atoms with van der Waals surface area (Å²) in [5.74, 6) is 0.399. The summed E-state index contributed by atoms with van der Waals surface area (Å²) < 4.78 is 11.8. The second-order valence-electron chi connectivity index (χ2n) is 4.35. The summed E-state index contributed by atoms with van der Waals surface area (Å²) in [6.45, 7) is 3.59. The number of rotatable bonds is 3. The Balaban J connectivity index is 1.77. The quantitative estimate of drug-likeness (QED) is 0.686. The molecular formula is C12H12N4O3S. The lowest BCUT2D eigenvalue weighted by Gasteiger charge is -1.98. The molecule has 3 aromatic rings. The molecule has 0 atom stereocenters. The Morgan fingerprint density at radius 1 is 1.50 bits per heavy atom. The number of hydrogen-bond acceptors (Lipinski definition) is 7. The van der Waals surface area contributed by atoms with E-state index in [-0.39, 0.29) is 12.5 Å². The molecule has 104 valence electrons. The van der Waals surface area contributed by atoms with E-state index in [1.807, 2.05) is 14.0 Å². The van der Waals surface area contributed by atoms with Gasteiger partial charge in [0, 0.05) is 12.4 Å². The van der Waals surface area contributed by atoms with Gasteiger partial charge in [-0.1, -0.05) is 5.16 Å². The highest BCUT2D eigenvalue weighted by Gasteiger charge is 2.17. The fourth-order valence-corrected chi connectivity index (χ4v) is 2.92. The summed E-state index contributed by atoms with van der Waals surface area (Å²) in [5, 5.41) is 8.89. The van der Waals surface area contributed by atoms with Crippen molar-refractivity contribution in [2.24, 2.45) is 7.05 Å². The molecule has 0 saturated heterocycles. The number of carbonyl (C=O) groups is 1. The van der Waals surface area contributed by atoms with Gasteiger partial charge in [-0.3, -0.25) is 4.68 Å². The van der Waals surface area contributed by atoms with Crippen molar-refractivity contribution in [3.8, 4) is 0 Å². The van der Waals surface area contributed by atoms with Crippen molar-refractivity contribution in [3.05, 3.63) is 28.4 Å². The highest BCUT2D eigenvalue weighted by molar-refractivity contribution is 7.20. The van der Waals surface area contributed by atoms with Gasteiger partial charge in [-0.2, -0.15) is 10.1 Å². The van der Waals surface area contributed by atoms with Gasteiger partial charge in [0.15, 0.2) is 12.4 Å². The third-order valence-corrected chi connectivity index (χ3v) is 3.98. The molecular weight excluding hydrogens is 280 g/mol. The summed E-state index contributed by atoms with van der Waals surface area (Å²) >= 11 is 1.35. The van der Waals surface area contributed by atoms with Crippen LogP contribution in [0.4, 0.5) is 0 Å². The minimum Gasteiger partial charge on any atom is -0.451 e. The van der Waals surface area contributed by atoms with E-state index in [1.54, 1.807) is 17.7 Å². The highest BCUT2D eigenvalue weighted by atomic mass is 32.1. The minimum atomic E-state index is -0.401. The van der Waals surface area contributed by atoms with E-state index in [1.165, 1.54) is 11.3 Å². The largest absolute Gasteiger partial charge is 0.451 e. The van der Waals surface area contributed by atoms with Crippen molar-refractivity contribution < 1.29 is 14.1 Å². The second kappa shape index (κ2) is 4.71. The molecule has 20 heavy (non-hydrogen) atoms. The number of fused-ring (bicyclic) bond motifs is 1. The molecule has 3 rings (SSSR count). The van der Waals surface area contributed by atoms with Crippen molar-refractivity contribution in [1.29, 1.82) is 0 Å². The first-order chi connectivity index (χ1) is 9.54. The van der Waals surface area contributed by atoms with Gasteiger partial charge < -0.3 is 9.26 Å². The third kappa shape index (κ3) is 2.18. The van der Waals surface area contributed by atoms with Crippen LogP contribution in [-0.2, 0) is 18.4 Å². The van der Waals surface area contributed by atoms with Crippen LogP contribution in [0, 0.1) is 13.8 Å². The lowest BCUT2D eigenvalue weighted by atomic mass is 10.3. The SMILES string of the molecule is Cc1noc(COC(=O)c2cc3c(C)nn(C)c3s2)n1. The van der Waals surface area contributed by atoms with Crippen LogP contribution in [0.1, 0.15) is 27.1 Å². The highest BCUT2D eigenvalue weighted by Crippen LogP contribution is 2.28. The topological polar surface area (TPSA) is 83.0 Å². The zero-order valence-electron chi connectivity index (χ0n) is 11.2. The lowest BCUT2D eigenvalue weighted by molar-refractivity contribution is 0.0435. The molecule has 0 aliphatic rings. The van der Waals surface area contributed by atoms with Crippen molar-refractivity contribution in [2.45, 2.75) is 20.5 Å². The van der Waals surface area contributed by atoms with Crippen LogP contribution in [0.5, 0.6) is 0 Å².